The van der Waals surface area contributed by atoms with Crippen LogP contribution >= 0.6 is 0 Å². The molecular formula is C19H27N3O5. The maximum Gasteiger partial charge on any atom is 0.270 e. The summed E-state index contributed by atoms with van der Waals surface area (Å²) < 4.78 is 5.62. The maximum absolute atomic E-state index is 12.3. The third-order valence-corrected chi connectivity index (χ3v) is 5.80. The van der Waals surface area contributed by atoms with E-state index in [0.29, 0.717) is 0 Å². The number of ether oxygens (including phenoxy) is 1. The van der Waals surface area contributed by atoms with Crippen molar-refractivity contribution in [2.75, 3.05) is 13.7 Å². The number of nitrogens with zero attached hydrogens (tertiary/aromatic N) is 1. The smallest absolute Gasteiger partial charge is 0.270 e. The van der Waals surface area contributed by atoms with E-state index in [9.17, 15) is 19.7 Å². The van der Waals surface area contributed by atoms with E-state index in [4.69, 9.17) is 4.74 Å². The number of methoxy groups -OCH3 is 1. The van der Waals surface area contributed by atoms with Crippen LogP contribution in [0.1, 0.15) is 44.0 Å². The number of benzene rings is 1. The summed E-state index contributed by atoms with van der Waals surface area (Å²) in [6, 6.07) is 5.38. The molecule has 1 fully saturated rings. The Morgan fingerprint density at radius 2 is 1.96 bits per heavy atom. The van der Waals surface area contributed by atoms with E-state index in [1.54, 1.807) is 7.11 Å². The topological polar surface area (TPSA) is 111 Å². The Hall–Kier alpha value is -2.48. The molecule has 2 amide bonds. The number of non-ortho nitro benzene ring substituents is 1. The molecule has 0 bridgehead atoms. The SMILES string of the molecule is CCC1(CC)[C@H](NC(=O)CNC(=O)c2cccc([N+](=O)[O-])c2)[C@@H](C)[C@@H]1OC. The number of rotatable bonds is 8. The lowest BCUT2D eigenvalue weighted by Crippen LogP contribution is -2.70. The second-order valence-electron chi connectivity index (χ2n) is 6.99. The highest BCUT2D eigenvalue weighted by atomic mass is 16.6. The van der Waals surface area contributed by atoms with E-state index in [2.05, 4.69) is 24.5 Å². The molecule has 148 valence electrons. The Kier molecular flexibility index (Phi) is 6.54. The van der Waals surface area contributed by atoms with Gasteiger partial charge in [-0.1, -0.05) is 26.8 Å². The van der Waals surface area contributed by atoms with Crippen LogP contribution in [0.2, 0.25) is 0 Å². The summed E-state index contributed by atoms with van der Waals surface area (Å²) in [4.78, 5) is 34.7. The van der Waals surface area contributed by atoms with E-state index in [-0.39, 0.29) is 47.2 Å². The maximum atomic E-state index is 12.3. The summed E-state index contributed by atoms with van der Waals surface area (Å²) >= 11 is 0. The number of carbonyl (C=O) groups is 2. The zero-order chi connectivity index (χ0) is 20.2. The predicted octanol–water partition coefficient (Wildman–Crippen LogP) is 2.28. The van der Waals surface area contributed by atoms with Crippen molar-refractivity contribution >= 4 is 17.5 Å². The van der Waals surface area contributed by atoms with Crippen molar-refractivity contribution in [2.24, 2.45) is 11.3 Å². The van der Waals surface area contributed by atoms with Crippen molar-refractivity contribution < 1.29 is 19.2 Å². The summed E-state index contributed by atoms with van der Waals surface area (Å²) in [7, 11) is 1.69. The number of nitrogens with one attached hydrogen (secondary N) is 2. The quantitative estimate of drug-likeness (QED) is 0.533. The van der Waals surface area contributed by atoms with Gasteiger partial charge in [0.1, 0.15) is 0 Å². The van der Waals surface area contributed by atoms with E-state index in [0.717, 1.165) is 12.8 Å². The van der Waals surface area contributed by atoms with Gasteiger partial charge in [0, 0.05) is 42.2 Å². The van der Waals surface area contributed by atoms with Crippen LogP contribution in [-0.2, 0) is 9.53 Å². The Balaban J connectivity index is 1.95. The third kappa shape index (κ3) is 3.95. The Morgan fingerprint density at radius 3 is 2.52 bits per heavy atom. The fourth-order valence-electron chi connectivity index (χ4n) is 4.34. The van der Waals surface area contributed by atoms with Gasteiger partial charge in [-0.2, -0.15) is 0 Å². The second kappa shape index (κ2) is 8.47. The molecule has 3 atom stereocenters. The van der Waals surface area contributed by atoms with Gasteiger partial charge in [0.25, 0.3) is 11.6 Å². The Morgan fingerprint density at radius 1 is 1.30 bits per heavy atom. The van der Waals surface area contributed by atoms with Crippen molar-refractivity contribution in [2.45, 2.75) is 45.8 Å². The molecule has 1 aliphatic rings. The summed E-state index contributed by atoms with van der Waals surface area (Å²) in [6.07, 6.45) is 1.87. The monoisotopic (exact) mass is 377 g/mol. The van der Waals surface area contributed by atoms with Gasteiger partial charge in [-0.15, -0.1) is 0 Å². The first kappa shape index (κ1) is 20.8. The summed E-state index contributed by atoms with van der Waals surface area (Å²) in [5.41, 5.74) is -0.130. The molecule has 1 aromatic carbocycles. The summed E-state index contributed by atoms with van der Waals surface area (Å²) in [5, 5.41) is 16.3. The fraction of sp³-hybridized carbons (Fsp3) is 0.579. The van der Waals surface area contributed by atoms with Crippen LogP contribution in [0.15, 0.2) is 24.3 Å². The van der Waals surface area contributed by atoms with E-state index in [1.807, 2.05) is 6.92 Å². The van der Waals surface area contributed by atoms with Crippen LogP contribution in [0, 0.1) is 21.4 Å². The van der Waals surface area contributed by atoms with Gasteiger partial charge < -0.3 is 15.4 Å². The second-order valence-corrected chi connectivity index (χ2v) is 6.99. The molecule has 0 saturated heterocycles. The minimum Gasteiger partial charge on any atom is -0.380 e. The van der Waals surface area contributed by atoms with Crippen molar-refractivity contribution in [3.63, 3.8) is 0 Å². The molecule has 0 aliphatic heterocycles. The number of nitro benzene ring substituents is 1. The number of hydrogen-bond acceptors (Lipinski definition) is 5. The average molecular weight is 377 g/mol. The van der Waals surface area contributed by atoms with Gasteiger partial charge in [-0.05, 0) is 18.9 Å². The highest BCUT2D eigenvalue weighted by Gasteiger charge is 2.58. The van der Waals surface area contributed by atoms with Crippen LogP contribution in [0.3, 0.4) is 0 Å². The van der Waals surface area contributed by atoms with Crippen molar-refractivity contribution in [3.8, 4) is 0 Å². The predicted molar refractivity (Wildman–Crippen MR) is 100 cm³/mol. The van der Waals surface area contributed by atoms with Gasteiger partial charge >= 0.3 is 0 Å². The van der Waals surface area contributed by atoms with Gasteiger partial charge in [0.2, 0.25) is 5.91 Å². The van der Waals surface area contributed by atoms with Crippen molar-refractivity contribution in [1.82, 2.24) is 10.6 Å². The van der Waals surface area contributed by atoms with Crippen LogP contribution in [0.5, 0.6) is 0 Å². The Bertz CT molecular complexity index is 717. The molecule has 2 rings (SSSR count). The fourth-order valence-corrected chi connectivity index (χ4v) is 4.34. The molecule has 8 heteroatoms. The Labute approximate surface area is 158 Å². The molecule has 27 heavy (non-hydrogen) atoms. The van der Waals surface area contributed by atoms with Crippen LogP contribution in [0.25, 0.3) is 0 Å². The molecule has 0 radical (unpaired) electrons. The van der Waals surface area contributed by atoms with Gasteiger partial charge in [0.15, 0.2) is 0 Å². The number of hydrogen-bond donors (Lipinski definition) is 2. The van der Waals surface area contributed by atoms with Crippen molar-refractivity contribution in [1.29, 1.82) is 0 Å². The van der Waals surface area contributed by atoms with Crippen LogP contribution < -0.4 is 10.6 Å². The molecule has 2 N–H and O–H groups in total. The minimum absolute atomic E-state index is 0.0142. The summed E-state index contributed by atoms with van der Waals surface area (Å²) in [6.45, 7) is 6.03. The molecular weight excluding hydrogens is 350 g/mol. The largest absolute Gasteiger partial charge is 0.380 e. The number of carbonyl (C=O) groups excluding carboxylic acids is 2. The van der Waals surface area contributed by atoms with Gasteiger partial charge in [-0.25, -0.2) is 0 Å². The molecule has 0 heterocycles. The highest BCUT2D eigenvalue weighted by Crippen LogP contribution is 2.52. The first-order chi connectivity index (χ1) is 12.8. The zero-order valence-corrected chi connectivity index (χ0v) is 16.2. The van der Waals surface area contributed by atoms with E-state index < -0.39 is 10.8 Å². The molecule has 0 spiro atoms. The lowest BCUT2D eigenvalue weighted by molar-refractivity contribution is -0.384. The lowest BCUT2D eigenvalue weighted by atomic mass is 9.53. The molecule has 1 saturated carbocycles. The molecule has 8 nitrogen and oxygen atoms in total. The molecule has 0 unspecified atom stereocenters. The summed E-state index contributed by atoms with van der Waals surface area (Å²) in [5.74, 6) is -0.625. The normalized spacial score (nSPS) is 23.2. The van der Waals surface area contributed by atoms with Gasteiger partial charge in [0.05, 0.1) is 17.6 Å². The zero-order valence-electron chi connectivity index (χ0n) is 16.2. The van der Waals surface area contributed by atoms with E-state index >= 15 is 0 Å². The minimum atomic E-state index is -0.567. The first-order valence-corrected chi connectivity index (χ1v) is 9.15. The van der Waals surface area contributed by atoms with Crippen LogP contribution in [0.4, 0.5) is 5.69 Å². The highest BCUT2D eigenvalue weighted by molar-refractivity contribution is 5.97. The number of nitro groups is 1. The number of amides is 2. The van der Waals surface area contributed by atoms with Gasteiger partial charge in [-0.3, -0.25) is 19.7 Å². The third-order valence-electron chi connectivity index (χ3n) is 5.80. The molecule has 1 aliphatic carbocycles. The average Bonchev–Trinajstić information content (AvgIpc) is 2.68. The van der Waals surface area contributed by atoms with Crippen LogP contribution in [-0.4, -0.2) is 42.5 Å². The van der Waals surface area contributed by atoms with E-state index in [1.165, 1.54) is 24.3 Å². The lowest BCUT2D eigenvalue weighted by Gasteiger charge is -2.59. The van der Waals surface area contributed by atoms with Crippen molar-refractivity contribution in [3.05, 3.63) is 39.9 Å². The molecule has 0 aromatic heterocycles. The first-order valence-electron chi connectivity index (χ1n) is 9.15. The molecule has 1 aromatic rings. The standard InChI is InChI=1S/C19H27N3O5/c1-5-19(6-2)16(12(3)17(19)27-4)21-15(23)11-20-18(24)13-8-7-9-14(10-13)22(25)26/h7-10,12,16-17H,5-6,11H2,1-4H3,(H,20,24)(H,21,23)/t12-,16-,17+/m1/s1.